The minimum atomic E-state index is -0.518. The molecule has 0 aromatic heterocycles. The molecule has 0 radical (unpaired) electrons. The Kier molecular flexibility index (Phi) is 2.84. The monoisotopic (exact) mass is 166 g/mol. The number of hydrogen-bond acceptors (Lipinski definition) is 2. The molecule has 0 aliphatic carbocycles. The highest BCUT2D eigenvalue weighted by Gasteiger charge is 2.09. The van der Waals surface area contributed by atoms with Gasteiger partial charge in [-0.15, -0.1) is 0 Å². The number of aliphatic hydroxyl groups excluding tert-OH is 2. The normalized spacial score (nSPS) is 15.7. The minimum absolute atomic E-state index is 0.518. The van der Waals surface area contributed by atoms with Crippen LogP contribution in [0.5, 0.6) is 0 Å². The third kappa shape index (κ3) is 1.84. The van der Waals surface area contributed by atoms with Crippen molar-refractivity contribution in [3.05, 3.63) is 35.4 Å². The Balaban J connectivity index is 3.09. The van der Waals surface area contributed by atoms with Gasteiger partial charge in [0.15, 0.2) is 0 Å². The largest absolute Gasteiger partial charge is 0.389 e. The van der Waals surface area contributed by atoms with Crippen molar-refractivity contribution in [1.82, 2.24) is 0 Å². The quantitative estimate of drug-likeness (QED) is 0.703. The van der Waals surface area contributed by atoms with Crippen LogP contribution in [0.25, 0.3) is 0 Å². The predicted molar refractivity (Wildman–Crippen MR) is 47.7 cm³/mol. The van der Waals surface area contributed by atoms with E-state index >= 15 is 0 Å². The average molecular weight is 166 g/mol. The Morgan fingerprint density at radius 2 is 1.25 bits per heavy atom. The molecule has 66 valence electrons. The molecule has 2 heteroatoms. The fourth-order valence-corrected chi connectivity index (χ4v) is 1.27. The van der Waals surface area contributed by atoms with Gasteiger partial charge in [0.05, 0.1) is 12.2 Å². The molecule has 0 aliphatic heterocycles. The van der Waals surface area contributed by atoms with Crippen LogP contribution in [0, 0.1) is 0 Å². The summed E-state index contributed by atoms with van der Waals surface area (Å²) in [5.74, 6) is 0. The molecule has 2 atom stereocenters. The molecule has 1 aromatic carbocycles. The molecule has 1 aromatic rings. The van der Waals surface area contributed by atoms with E-state index in [9.17, 15) is 10.2 Å². The molecule has 2 nitrogen and oxygen atoms in total. The van der Waals surface area contributed by atoms with E-state index < -0.39 is 12.2 Å². The first-order valence-electron chi connectivity index (χ1n) is 4.08. The van der Waals surface area contributed by atoms with Crippen molar-refractivity contribution >= 4 is 0 Å². The highest BCUT2D eigenvalue weighted by molar-refractivity contribution is 5.30. The first-order valence-corrected chi connectivity index (χ1v) is 4.08. The van der Waals surface area contributed by atoms with Crippen LogP contribution >= 0.6 is 0 Å². The van der Waals surface area contributed by atoms with Crippen molar-refractivity contribution < 1.29 is 10.2 Å². The standard InChI is InChI=1S/C10H14O2/c1-7(11)9-5-3-4-6-10(9)8(2)12/h3-8,11-12H,1-2H3/t7-,8-/m0/s1. The minimum Gasteiger partial charge on any atom is -0.389 e. The van der Waals surface area contributed by atoms with E-state index in [-0.39, 0.29) is 0 Å². The van der Waals surface area contributed by atoms with Crippen molar-refractivity contribution in [3.8, 4) is 0 Å². The zero-order chi connectivity index (χ0) is 9.14. The molecule has 0 saturated carbocycles. The highest BCUT2D eigenvalue weighted by atomic mass is 16.3. The Bertz CT molecular complexity index is 227. The number of aliphatic hydroxyl groups is 2. The van der Waals surface area contributed by atoms with Gasteiger partial charge in [-0.1, -0.05) is 24.3 Å². The Hall–Kier alpha value is -0.860. The molecule has 0 unspecified atom stereocenters. The van der Waals surface area contributed by atoms with Crippen molar-refractivity contribution in [2.75, 3.05) is 0 Å². The van der Waals surface area contributed by atoms with E-state index in [2.05, 4.69) is 0 Å². The van der Waals surface area contributed by atoms with Gasteiger partial charge in [0.2, 0.25) is 0 Å². The molecular weight excluding hydrogens is 152 g/mol. The van der Waals surface area contributed by atoms with Crippen molar-refractivity contribution in [3.63, 3.8) is 0 Å². The summed E-state index contributed by atoms with van der Waals surface area (Å²) in [5.41, 5.74) is 1.60. The SMILES string of the molecule is C[C@H](O)c1ccccc1[C@H](C)O. The summed E-state index contributed by atoms with van der Waals surface area (Å²) in [6.45, 7) is 3.39. The third-order valence-electron chi connectivity index (χ3n) is 1.90. The molecule has 0 spiro atoms. The lowest BCUT2D eigenvalue weighted by Gasteiger charge is -2.13. The van der Waals surface area contributed by atoms with Crippen LogP contribution in [0.2, 0.25) is 0 Å². The lowest BCUT2D eigenvalue weighted by molar-refractivity contribution is 0.175. The Morgan fingerprint density at radius 1 is 0.917 bits per heavy atom. The zero-order valence-electron chi connectivity index (χ0n) is 7.36. The van der Waals surface area contributed by atoms with Gasteiger partial charge in [-0.25, -0.2) is 0 Å². The van der Waals surface area contributed by atoms with Crippen LogP contribution in [0.1, 0.15) is 37.2 Å². The zero-order valence-corrected chi connectivity index (χ0v) is 7.36. The lowest BCUT2D eigenvalue weighted by Crippen LogP contribution is -2.01. The molecule has 0 fully saturated rings. The van der Waals surface area contributed by atoms with E-state index in [1.54, 1.807) is 13.8 Å². The number of rotatable bonds is 2. The summed E-state index contributed by atoms with van der Waals surface area (Å²) < 4.78 is 0. The lowest BCUT2D eigenvalue weighted by atomic mass is 10.00. The fourth-order valence-electron chi connectivity index (χ4n) is 1.27. The van der Waals surface area contributed by atoms with Crippen LogP contribution in [0.4, 0.5) is 0 Å². The first-order chi connectivity index (χ1) is 5.63. The fraction of sp³-hybridized carbons (Fsp3) is 0.400. The maximum atomic E-state index is 9.34. The predicted octanol–water partition coefficient (Wildman–Crippen LogP) is 1.79. The number of benzene rings is 1. The summed E-state index contributed by atoms with van der Waals surface area (Å²) >= 11 is 0. The van der Waals surface area contributed by atoms with Crippen LogP contribution in [0.15, 0.2) is 24.3 Å². The van der Waals surface area contributed by atoms with Gasteiger partial charge in [-0.2, -0.15) is 0 Å². The van der Waals surface area contributed by atoms with Crippen LogP contribution in [0.3, 0.4) is 0 Å². The molecule has 0 saturated heterocycles. The smallest absolute Gasteiger partial charge is 0.0765 e. The highest BCUT2D eigenvalue weighted by Crippen LogP contribution is 2.22. The molecular formula is C10H14O2. The Labute approximate surface area is 72.5 Å². The molecule has 1 rings (SSSR count). The molecule has 0 bridgehead atoms. The molecule has 2 N–H and O–H groups in total. The van der Waals surface area contributed by atoms with Crippen LogP contribution in [-0.2, 0) is 0 Å². The van der Waals surface area contributed by atoms with E-state index in [1.165, 1.54) is 0 Å². The second kappa shape index (κ2) is 3.70. The van der Waals surface area contributed by atoms with Crippen molar-refractivity contribution in [2.45, 2.75) is 26.1 Å². The molecule has 0 aliphatic rings. The maximum Gasteiger partial charge on any atom is 0.0765 e. The van der Waals surface area contributed by atoms with Gasteiger partial charge in [0.25, 0.3) is 0 Å². The van der Waals surface area contributed by atoms with Gasteiger partial charge in [-0.05, 0) is 25.0 Å². The van der Waals surface area contributed by atoms with E-state index in [1.807, 2.05) is 24.3 Å². The first kappa shape index (κ1) is 9.23. The van der Waals surface area contributed by atoms with Gasteiger partial charge in [-0.3, -0.25) is 0 Å². The molecule has 12 heavy (non-hydrogen) atoms. The van der Waals surface area contributed by atoms with Gasteiger partial charge < -0.3 is 10.2 Å². The van der Waals surface area contributed by atoms with E-state index in [0.29, 0.717) is 0 Å². The third-order valence-corrected chi connectivity index (χ3v) is 1.90. The topological polar surface area (TPSA) is 40.5 Å². The second-order valence-corrected chi connectivity index (χ2v) is 2.98. The maximum absolute atomic E-state index is 9.34. The van der Waals surface area contributed by atoms with Gasteiger partial charge in [0.1, 0.15) is 0 Å². The average Bonchev–Trinajstić information content (AvgIpc) is 2.04. The van der Waals surface area contributed by atoms with Crippen LogP contribution < -0.4 is 0 Å². The Morgan fingerprint density at radius 3 is 1.50 bits per heavy atom. The summed E-state index contributed by atoms with van der Waals surface area (Å²) in [7, 11) is 0. The summed E-state index contributed by atoms with van der Waals surface area (Å²) in [6.07, 6.45) is -1.04. The summed E-state index contributed by atoms with van der Waals surface area (Å²) in [4.78, 5) is 0. The van der Waals surface area contributed by atoms with Crippen LogP contribution in [-0.4, -0.2) is 10.2 Å². The second-order valence-electron chi connectivity index (χ2n) is 2.98. The van der Waals surface area contributed by atoms with E-state index in [0.717, 1.165) is 11.1 Å². The summed E-state index contributed by atoms with van der Waals surface area (Å²) in [6, 6.07) is 7.36. The van der Waals surface area contributed by atoms with Gasteiger partial charge >= 0.3 is 0 Å². The van der Waals surface area contributed by atoms with E-state index in [4.69, 9.17) is 0 Å². The van der Waals surface area contributed by atoms with Crippen molar-refractivity contribution in [2.24, 2.45) is 0 Å². The molecule has 0 amide bonds. The van der Waals surface area contributed by atoms with Gasteiger partial charge in [0, 0.05) is 0 Å². The number of hydrogen-bond donors (Lipinski definition) is 2. The van der Waals surface area contributed by atoms with Crippen molar-refractivity contribution in [1.29, 1.82) is 0 Å². The summed E-state index contributed by atoms with van der Waals surface area (Å²) in [5, 5.41) is 18.7. The molecule has 0 heterocycles.